The number of hydrogen-bond donors (Lipinski definition) is 2. The molecule has 0 spiro atoms. The third-order valence-corrected chi connectivity index (χ3v) is 3.93. The number of halogens is 3. The van der Waals surface area contributed by atoms with Gasteiger partial charge in [-0.1, -0.05) is 29.8 Å². The van der Waals surface area contributed by atoms with E-state index in [2.05, 4.69) is 4.90 Å². The van der Waals surface area contributed by atoms with E-state index in [0.29, 0.717) is 5.75 Å². The number of alkyl halides is 3. The van der Waals surface area contributed by atoms with Crippen molar-refractivity contribution >= 4 is 11.9 Å². The van der Waals surface area contributed by atoms with Gasteiger partial charge in [-0.2, -0.15) is 13.2 Å². The fourth-order valence-electron chi connectivity index (χ4n) is 2.34. The minimum atomic E-state index is -4.33. The molecule has 0 aromatic heterocycles. The van der Waals surface area contributed by atoms with Gasteiger partial charge in [-0.05, 0) is 50.8 Å². The van der Waals surface area contributed by atoms with Gasteiger partial charge in [0, 0.05) is 13.0 Å². The number of hydrogen-bond acceptors (Lipinski definition) is 4. The zero-order valence-electron chi connectivity index (χ0n) is 16.8. The Balaban J connectivity index is 0.000000656. The lowest BCUT2D eigenvalue weighted by Crippen LogP contribution is -2.18. The topological polar surface area (TPSA) is 87.1 Å². The number of carboxylic acids is 2. The van der Waals surface area contributed by atoms with Gasteiger partial charge in [0.1, 0.15) is 11.9 Å². The molecule has 0 saturated heterocycles. The first kappa shape index (κ1) is 25.0. The fourth-order valence-corrected chi connectivity index (χ4v) is 2.34. The van der Waals surface area contributed by atoms with E-state index in [4.69, 9.17) is 24.5 Å². The van der Waals surface area contributed by atoms with E-state index in [-0.39, 0.29) is 6.10 Å². The van der Waals surface area contributed by atoms with E-state index >= 15 is 0 Å². The summed E-state index contributed by atoms with van der Waals surface area (Å²) >= 11 is 0. The van der Waals surface area contributed by atoms with Crippen LogP contribution in [0.25, 0.3) is 0 Å². The molecule has 6 nitrogen and oxygen atoms in total. The molecule has 0 aliphatic heterocycles. The Bertz CT molecular complexity index is 806. The molecule has 0 fully saturated rings. The van der Waals surface area contributed by atoms with Gasteiger partial charge >= 0.3 is 18.1 Å². The van der Waals surface area contributed by atoms with Crippen molar-refractivity contribution in [2.75, 3.05) is 20.6 Å². The summed E-state index contributed by atoms with van der Waals surface area (Å²) in [5, 5.41) is 14.8. The summed E-state index contributed by atoms with van der Waals surface area (Å²) in [5.74, 6) is -3.21. The third kappa shape index (κ3) is 8.95. The van der Waals surface area contributed by atoms with Crippen molar-refractivity contribution in [2.45, 2.75) is 25.6 Å². The number of benzene rings is 2. The molecule has 164 valence electrons. The number of aliphatic carboxylic acids is 2. The molecule has 0 aliphatic rings. The van der Waals surface area contributed by atoms with E-state index in [0.717, 1.165) is 36.2 Å². The second kappa shape index (κ2) is 11.2. The van der Waals surface area contributed by atoms with Crippen molar-refractivity contribution in [2.24, 2.45) is 0 Å². The number of aryl methyl sites for hydroxylation is 1. The van der Waals surface area contributed by atoms with E-state index in [1.54, 1.807) is 0 Å². The smallest absolute Gasteiger partial charge is 0.416 e. The molecule has 2 N–H and O–H groups in total. The zero-order chi connectivity index (χ0) is 22.9. The van der Waals surface area contributed by atoms with Gasteiger partial charge in [0.15, 0.2) is 0 Å². The van der Waals surface area contributed by atoms with Crippen LogP contribution in [0.2, 0.25) is 0 Å². The highest BCUT2D eigenvalue weighted by Gasteiger charge is 2.30. The molecule has 0 saturated carbocycles. The number of carbonyl (C=O) groups is 2. The monoisotopic (exact) mass is 427 g/mol. The maximum absolute atomic E-state index is 12.6. The van der Waals surface area contributed by atoms with Crippen LogP contribution >= 0.6 is 0 Å². The molecular formula is C21H24F3NO5. The lowest BCUT2D eigenvalue weighted by Gasteiger charge is -2.22. The van der Waals surface area contributed by atoms with Gasteiger partial charge in [-0.25, -0.2) is 9.59 Å². The Kier molecular flexibility index (Phi) is 9.32. The van der Waals surface area contributed by atoms with Gasteiger partial charge in [-0.3, -0.25) is 0 Å². The highest BCUT2D eigenvalue weighted by molar-refractivity contribution is 6.27. The largest absolute Gasteiger partial charge is 0.486 e. The van der Waals surface area contributed by atoms with E-state index in [9.17, 15) is 13.2 Å². The Hall–Kier alpha value is -3.07. The van der Waals surface area contributed by atoms with Crippen LogP contribution in [-0.2, 0) is 15.8 Å². The van der Waals surface area contributed by atoms with E-state index in [1.807, 2.05) is 45.3 Å². The van der Waals surface area contributed by atoms with Crippen molar-refractivity contribution in [3.8, 4) is 5.75 Å². The van der Waals surface area contributed by atoms with E-state index in [1.165, 1.54) is 12.1 Å². The highest BCUT2D eigenvalue weighted by atomic mass is 19.4. The maximum Gasteiger partial charge on any atom is 0.416 e. The van der Waals surface area contributed by atoms with Crippen molar-refractivity contribution < 1.29 is 37.7 Å². The lowest BCUT2D eigenvalue weighted by molar-refractivity contribution is -0.159. The second-order valence-electron chi connectivity index (χ2n) is 6.74. The quantitative estimate of drug-likeness (QED) is 0.671. The van der Waals surface area contributed by atoms with Crippen LogP contribution in [0.4, 0.5) is 13.2 Å². The summed E-state index contributed by atoms with van der Waals surface area (Å²) in [6.07, 6.45) is -3.79. The second-order valence-corrected chi connectivity index (χ2v) is 6.74. The average molecular weight is 427 g/mol. The van der Waals surface area contributed by atoms with Gasteiger partial charge in [0.05, 0.1) is 5.56 Å². The lowest BCUT2D eigenvalue weighted by atomic mass is 10.0. The molecule has 2 aromatic carbocycles. The fraction of sp³-hybridized carbons (Fsp3) is 0.333. The molecule has 2 aromatic rings. The molecular weight excluding hydrogens is 403 g/mol. The Morgan fingerprint density at radius 1 is 0.967 bits per heavy atom. The Morgan fingerprint density at radius 2 is 1.47 bits per heavy atom. The molecule has 0 bridgehead atoms. The van der Waals surface area contributed by atoms with Gasteiger partial charge in [0.25, 0.3) is 0 Å². The summed E-state index contributed by atoms with van der Waals surface area (Å²) in [6.45, 7) is 2.83. The van der Waals surface area contributed by atoms with Crippen molar-refractivity contribution in [3.63, 3.8) is 0 Å². The minimum Gasteiger partial charge on any atom is -0.486 e. The van der Waals surface area contributed by atoms with E-state index < -0.39 is 23.7 Å². The number of rotatable bonds is 6. The number of nitrogens with zero attached hydrogens (tertiary/aromatic N) is 1. The van der Waals surface area contributed by atoms with Gasteiger partial charge < -0.3 is 19.8 Å². The summed E-state index contributed by atoms with van der Waals surface area (Å²) in [4.78, 5) is 20.3. The molecule has 1 atom stereocenters. The van der Waals surface area contributed by atoms with Crippen LogP contribution < -0.4 is 4.74 Å². The molecule has 1 unspecified atom stereocenters. The van der Waals surface area contributed by atoms with Crippen LogP contribution in [0.1, 0.15) is 29.2 Å². The first-order chi connectivity index (χ1) is 13.9. The van der Waals surface area contributed by atoms with Crippen LogP contribution in [0, 0.1) is 6.92 Å². The first-order valence-corrected chi connectivity index (χ1v) is 8.91. The molecule has 0 radical (unpaired) electrons. The predicted octanol–water partition coefficient (Wildman–Crippen LogP) is 4.24. The Labute approximate surface area is 172 Å². The molecule has 0 heterocycles. The maximum atomic E-state index is 12.6. The highest BCUT2D eigenvalue weighted by Crippen LogP contribution is 2.32. The summed E-state index contributed by atoms with van der Waals surface area (Å²) in [5.41, 5.74) is 1.50. The molecule has 0 aliphatic carbocycles. The summed E-state index contributed by atoms with van der Waals surface area (Å²) < 4.78 is 43.9. The minimum absolute atomic E-state index is 0.204. The van der Waals surface area contributed by atoms with Crippen molar-refractivity contribution in [3.05, 3.63) is 65.2 Å². The first-order valence-electron chi connectivity index (χ1n) is 8.91. The van der Waals surface area contributed by atoms with Crippen LogP contribution in [0.15, 0.2) is 48.5 Å². The standard InChI is InChI=1S/C19H22F3NO.C2H2O4/c1-14-4-6-15(7-5-14)18(12-13-23(2)3)24-17-10-8-16(9-11-17)19(20,21)22;3-1(4)2(5)6/h4-11,18H,12-13H2,1-3H3;(H,3,4)(H,5,6). The van der Waals surface area contributed by atoms with Crippen LogP contribution in [0.3, 0.4) is 0 Å². The molecule has 0 amide bonds. The van der Waals surface area contributed by atoms with Gasteiger partial charge in [-0.15, -0.1) is 0 Å². The number of carboxylic acid groups (broad SMARTS) is 2. The average Bonchev–Trinajstić information content (AvgIpc) is 2.66. The summed E-state index contributed by atoms with van der Waals surface area (Å²) in [6, 6.07) is 12.9. The van der Waals surface area contributed by atoms with Crippen LogP contribution in [0.5, 0.6) is 5.75 Å². The number of ether oxygens (including phenoxy) is 1. The van der Waals surface area contributed by atoms with Gasteiger partial charge in [0.2, 0.25) is 0 Å². The van der Waals surface area contributed by atoms with Crippen LogP contribution in [-0.4, -0.2) is 47.7 Å². The Morgan fingerprint density at radius 3 is 1.87 bits per heavy atom. The molecule has 9 heteroatoms. The van der Waals surface area contributed by atoms with Crippen molar-refractivity contribution in [1.29, 1.82) is 0 Å². The molecule has 30 heavy (non-hydrogen) atoms. The third-order valence-electron chi connectivity index (χ3n) is 3.93. The van der Waals surface area contributed by atoms with Crippen molar-refractivity contribution in [1.82, 2.24) is 4.90 Å². The molecule has 2 rings (SSSR count). The normalized spacial score (nSPS) is 12.0. The predicted molar refractivity (Wildman–Crippen MR) is 104 cm³/mol. The summed E-state index contributed by atoms with van der Waals surface area (Å²) in [7, 11) is 3.95. The SMILES string of the molecule is Cc1ccc(C(CCN(C)C)Oc2ccc(C(F)(F)F)cc2)cc1.O=C(O)C(=O)O. The zero-order valence-corrected chi connectivity index (χ0v) is 16.8.